The second-order valence-electron chi connectivity index (χ2n) is 7.99. The molecule has 28 heavy (non-hydrogen) atoms. The van der Waals surface area contributed by atoms with E-state index in [9.17, 15) is 13.5 Å². The van der Waals surface area contributed by atoms with E-state index in [4.69, 9.17) is 4.74 Å². The summed E-state index contributed by atoms with van der Waals surface area (Å²) in [5, 5.41) is 15.8. The van der Waals surface area contributed by atoms with Gasteiger partial charge in [0.1, 0.15) is 10.6 Å². The third-order valence-electron chi connectivity index (χ3n) is 6.31. The Balaban J connectivity index is 1.67. The van der Waals surface area contributed by atoms with Crippen molar-refractivity contribution in [2.75, 3.05) is 20.2 Å². The van der Waals surface area contributed by atoms with Crippen molar-refractivity contribution in [2.24, 2.45) is 18.9 Å². The van der Waals surface area contributed by atoms with E-state index in [0.29, 0.717) is 31.0 Å². The van der Waals surface area contributed by atoms with E-state index >= 15 is 0 Å². The quantitative estimate of drug-likeness (QED) is 0.842. The van der Waals surface area contributed by atoms with Crippen LogP contribution >= 0.6 is 0 Å². The van der Waals surface area contributed by atoms with E-state index in [1.807, 2.05) is 24.3 Å². The van der Waals surface area contributed by atoms with Gasteiger partial charge in [0.2, 0.25) is 10.0 Å². The van der Waals surface area contributed by atoms with Gasteiger partial charge in [-0.15, -0.1) is 0 Å². The third kappa shape index (κ3) is 3.03. The summed E-state index contributed by atoms with van der Waals surface area (Å²) in [6.45, 7) is 2.46. The number of rotatable bonds is 4. The summed E-state index contributed by atoms with van der Waals surface area (Å²) in [6, 6.07) is 7.50. The van der Waals surface area contributed by atoms with E-state index in [1.165, 1.54) is 8.99 Å². The first-order valence-electron chi connectivity index (χ1n) is 9.63. The SMILES string of the molecule is COc1cccc([C@]2(O)CCC[C@H]3CN(S(=O)(=O)c4cn(C)nc4C)C[C@@H]32)c1. The molecule has 152 valence electrons. The van der Waals surface area contributed by atoms with Crippen molar-refractivity contribution in [3.05, 3.63) is 41.7 Å². The molecule has 2 heterocycles. The number of benzene rings is 1. The number of aromatic nitrogens is 2. The summed E-state index contributed by atoms with van der Waals surface area (Å²) < 4.78 is 34.8. The van der Waals surface area contributed by atoms with Crippen LogP contribution in [0.2, 0.25) is 0 Å². The molecular formula is C20H27N3O4S. The summed E-state index contributed by atoms with van der Waals surface area (Å²) in [5.41, 5.74) is 0.255. The first-order valence-corrected chi connectivity index (χ1v) is 11.1. The van der Waals surface area contributed by atoms with Gasteiger partial charge in [-0.2, -0.15) is 9.40 Å². The Kier molecular flexibility index (Phi) is 4.76. The molecule has 4 rings (SSSR count). The summed E-state index contributed by atoms with van der Waals surface area (Å²) >= 11 is 0. The molecule has 1 saturated carbocycles. The molecule has 2 aromatic rings. The van der Waals surface area contributed by atoms with Crippen LogP contribution in [0.25, 0.3) is 0 Å². The maximum absolute atomic E-state index is 13.2. The molecule has 2 fully saturated rings. The van der Waals surface area contributed by atoms with Crippen molar-refractivity contribution in [1.29, 1.82) is 0 Å². The minimum atomic E-state index is -3.64. The summed E-state index contributed by atoms with van der Waals surface area (Å²) in [7, 11) is -0.314. The van der Waals surface area contributed by atoms with E-state index in [0.717, 1.165) is 18.4 Å². The van der Waals surface area contributed by atoms with E-state index in [1.54, 1.807) is 27.3 Å². The van der Waals surface area contributed by atoms with Crippen LogP contribution in [0.5, 0.6) is 5.75 Å². The maximum Gasteiger partial charge on any atom is 0.246 e. The fourth-order valence-corrected chi connectivity index (χ4v) is 6.62. The Morgan fingerprint density at radius 3 is 2.79 bits per heavy atom. The maximum atomic E-state index is 13.2. The predicted molar refractivity (Wildman–Crippen MR) is 104 cm³/mol. The zero-order chi connectivity index (χ0) is 20.1. The molecule has 2 aliphatic rings. The molecule has 0 amide bonds. The molecular weight excluding hydrogens is 378 g/mol. The molecule has 1 N–H and O–H groups in total. The van der Waals surface area contributed by atoms with Crippen molar-refractivity contribution in [2.45, 2.75) is 36.7 Å². The zero-order valence-corrected chi connectivity index (χ0v) is 17.3. The van der Waals surface area contributed by atoms with E-state index < -0.39 is 15.6 Å². The van der Waals surface area contributed by atoms with Crippen LogP contribution < -0.4 is 4.74 Å². The Bertz CT molecular complexity index is 987. The molecule has 3 atom stereocenters. The highest BCUT2D eigenvalue weighted by molar-refractivity contribution is 7.89. The van der Waals surface area contributed by atoms with E-state index in [-0.39, 0.29) is 16.7 Å². The highest BCUT2D eigenvalue weighted by Crippen LogP contribution is 2.49. The Labute approximate surface area is 166 Å². The van der Waals surface area contributed by atoms with Crippen molar-refractivity contribution in [1.82, 2.24) is 14.1 Å². The van der Waals surface area contributed by atoms with Crippen LogP contribution in [0.15, 0.2) is 35.4 Å². The molecule has 1 aromatic carbocycles. The van der Waals surface area contributed by atoms with Crippen LogP contribution in [0.4, 0.5) is 0 Å². The molecule has 1 aliphatic carbocycles. The second-order valence-corrected chi connectivity index (χ2v) is 9.90. The van der Waals surface area contributed by atoms with Gasteiger partial charge in [0.05, 0.1) is 18.4 Å². The van der Waals surface area contributed by atoms with Gasteiger partial charge < -0.3 is 9.84 Å². The highest BCUT2D eigenvalue weighted by atomic mass is 32.2. The van der Waals surface area contributed by atoms with Crippen LogP contribution in [0, 0.1) is 18.8 Å². The Morgan fingerprint density at radius 2 is 2.11 bits per heavy atom. The zero-order valence-electron chi connectivity index (χ0n) is 16.5. The number of fused-ring (bicyclic) bond motifs is 1. The molecule has 1 saturated heterocycles. The number of methoxy groups -OCH3 is 1. The van der Waals surface area contributed by atoms with Gasteiger partial charge in [0.15, 0.2) is 0 Å². The number of ether oxygens (including phenoxy) is 1. The van der Waals surface area contributed by atoms with Gasteiger partial charge in [0.25, 0.3) is 0 Å². The van der Waals surface area contributed by atoms with Crippen molar-refractivity contribution >= 4 is 10.0 Å². The summed E-state index contributed by atoms with van der Waals surface area (Å²) in [5.74, 6) is 0.693. The average molecular weight is 406 g/mol. The first-order chi connectivity index (χ1) is 13.3. The van der Waals surface area contributed by atoms with Gasteiger partial charge in [-0.3, -0.25) is 4.68 Å². The monoisotopic (exact) mass is 405 g/mol. The molecule has 1 aliphatic heterocycles. The molecule has 7 nitrogen and oxygen atoms in total. The van der Waals surface area contributed by atoms with Crippen molar-refractivity contribution in [3.63, 3.8) is 0 Å². The second kappa shape index (κ2) is 6.86. The predicted octanol–water partition coefficient (Wildman–Crippen LogP) is 2.05. The Morgan fingerprint density at radius 1 is 1.32 bits per heavy atom. The van der Waals surface area contributed by atoms with Gasteiger partial charge >= 0.3 is 0 Å². The molecule has 0 bridgehead atoms. The van der Waals surface area contributed by atoms with Gasteiger partial charge in [-0.1, -0.05) is 12.1 Å². The van der Waals surface area contributed by atoms with Crippen LogP contribution in [0.1, 0.15) is 30.5 Å². The fraction of sp³-hybridized carbons (Fsp3) is 0.550. The lowest BCUT2D eigenvalue weighted by Gasteiger charge is -2.41. The lowest BCUT2D eigenvalue weighted by Crippen LogP contribution is -2.43. The van der Waals surface area contributed by atoms with Crippen molar-refractivity contribution in [3.8, 4) is 5.75 Å². The molecule has 8 heteroatoms. The number of hydrogen-bond donors (Lipinski definition) is 1. The van der Waals surface area contributed by atoms with Crippen LogP contribution in [-0.2, 0) is 22.7 Å². The number of sulfonamides is 1. The smallest absolute Gasteiger partial charge is 0.246 e. The number of aliphatic hydroxyl groups is 1. The van der Waals surface area contributed by atoms with Crippen LogP contribution in [-0.4, -0.2) is 47.8 Å². The standard InChI is InChI=1S/C20H27N3O4S/c1-14-19(13-22(2)21-14)28(25,26)23-11-15-6-5-9-20(24,18(15)12-23)16-7-4-8-17(10-16)27-3/h4,7-8,10,13,15,18,24H,5-6,9,11-12H2,1-3H3/t15-,18-,20+/m0/s1. The topological polar surface area (TPSA) is 84.7 Å². The largest absolute Gasteiger partial charge is 0.497 e. The number of nitrogens with zero attached hydrogens (tertiary/aromatic N) is 3. The van der Waals surface area contributed by atoms with Crippen LogP contribution in [0.3, 0.4) is 0 Å². The van der Waals surface area contributed by atoms with Gasteiger partial charge in [-0.05, 0) is 49.8 Å². The lowest BCUT2D eigenvalue weighted by atomic mass is 9.67. The highest BCUT2D eigenvalue weighted by Gasteiger charge is 2.52. The number of aryl methyl sites for hydroxylation is 2. The van der Waals surface area contributed by atoms with E-state index in [2.05, 4.69) is 5.10 Å². The Hall–Kier alpha value is -1.90. The molecule has 0 radical (unpaired) electrons. The third-order valence-corrected chi connectivity index (χ3v) is 8.24. The number of hydrogen-bond acceptors (Lipinski definition) is 5. The molecule has 0 unspecified atom stereocenters. The minimum absolute atomic E-state index is 0.136. The van der Waals surface area contributed by atoms with Crippen molar-refractivity contribution < 1.29 is 18.3 Å². The summed E-state index contributed by atoms with van der Waals surface area (Å²) in [4.78, 5) is 0.249. The average Bonchev–Trinajstić information content (AvgIpc) is 3.26. The first kappa shape index (κ1) is 19.4. The fourth-order valence-electron chi connectivity index (χ4n) is 4.90. The normalized spacial score (nSPS) is 28.3. The lowest BCUT2D eigenvalue weighted by molar-refractivity contribution is -0.0641. The minimum Gasteiger partial charge on any atom is -0.497 e. The van der Waals surface area contributed by atoms with Gasteiger partial charge in [0, 0.05) is 32.3 Å². The molecule has 1 aromatic heterocycles. The summed E-state index contributed by atoms with van der Waals surface area (Å²) in [6.07, 6.45) is 3.98. The molecule has 0 spiro atoms. The van der Waals surface area contributed by atoms with Gasteiger partial charge in [-0.25, -0.2) is 8.42 Å².